The van der Waals surface area contributed by atoms with Crippen molar-refractivity contribution >= 4 is 0 Å². The van der Waals surface area contributed by atoms with Crippen LogP contribution in [0.15, 0.2) is 0 Å². The molecule has 68 valence electrons. The van der Waals surface area contributed by atoms with Crippen LogP contribution in [-0.4, -0.2) is 37.6 Å². The summed E-state index contributed by atoms with van der Waals surface area (Å²) >= 11 is 0. The van der Waals surface area contributed by atoms with Crippen LogP contribution in [-0.2, 0) is 0 Å². The third-order valence-corrected chi connectivity index (χ3v) is 2.08. The zero-order chi connectivity index (χ0) is 8.69. The fraction of sp³-hybridized carbons (Fsp3) is 1.00. The van der Waals surface area contributed by atoms with Crippen molar-refractivity contribution in [3.63, 3.8) is 0 Å². The molecule has 0 saturated heterocycles. The van der Waals surface area contributed by atoms with Crippen LogP contribution in [0.2, 0.25) is 0 Å². The maximum atomic E-state index is 5.53. The van der Waals surface area contributed by atoms with Gasteiger partial charge in [-0.3, -0.25) is 0 Å². The molecule has 0 aromatic heterocycles. The number of hydrogen-bond donors (Lipinski definition) is 2. The van der Waals surface area contributed by atoms with Crippen molar-refractivity contribution in [1.82, 2.24) is 4.90 Å². The first-order valence-electron chi connectivity index (χ1n) is 4.40. The van der Waals surface area contributed by atoms with Crippen molar-refractivity contribution in [2.24, 2.45) is 17.4 Å². The van der Waals surface area contributed by atoms with Crippen molar-refractivity contribution in [3.8, 4) is 0 Å². The molecule has 0 aliphatic heterocycles. The zero-order valence-corrected chi connectivity index (χ0v) is 7.71. The Bertz CT molecular complexity index is 67.4. The van der Waals surface area contributed by atoms with Crippen LogP contribution < -0.4 is 11.5 Å². The Morgan fingerprint density at radius 1 is 1.09 bits per heavy atom. The molecule has 0 radical (unpaired) electrons. The Hall–Kier alpha value is -0.120. The van der Waals surface area contributed by atoms with E-state index < -0.39 is 0 Å². The molecule has 11 heavy (non-hydrogen) atoms. The Balaban J connectivity index is 3.58. The largest absolute Gasteiger partial charge is 0.330 e. The Labute approximate surface area is 69.7 Å². The number of nitrogens with two attached hydrogens (primary N) is 2. The van der Waals surface area contributed by atoms with Gasteiger partial charge in [0.2, 0.25) is 0 Å². The molecule has 0 aliphatic carbocycles. The van der Waals surface area contributed by atoms with Crippen LogP contribution in [0.1, 0.15) is 13.8 Å². The lowest BCUT2D eigenvalue weighted by molar-refractivity contribution is 0.258. The molecule has 0 bridgehead atoms. The molecule has 0 unspecified atom stereocenters. The molecule has 0 amide bonds. The summed E-state index contributed by atoms with van der Waals surface area (Å²) in [5.41, 5.74) is 11.1. The van der Waals surface area contributed by atoms with Crippen LogP contribution in [0.5, 0.6) is 0 Å². The minimum atomic E-state index is 0.467. The molecular formula is C8H21N3. The quantitative estimate of drug-likeness (QED) is 0.567. The van der Waals surface area contributed by atoms with Gasteiger partial charge in [-0.15, -0.1) is 0 Å². The van der Waals surface area contributed by atoms with E-state index in [1.807, 2.05) is 0 Å². The highest BCUT2D eigenvalue weighted by Gasteiger charge is 2.07. The van der Waals surface area contributed by atoms with Crippen LogP contribution in [0.4, 0.5) is 0 Å². The first-order chi connectivity index (χ1) is 5.28. The van der Waals surface area contributed by atoms with E-state index >= 15 is 0 Å². The zero-order valence-electron chi connectivity index (χ0n) is 7.71. The van der Waals surface area contributed by atoms with E-state index in [-0.39, 0.29) is 0 Å². The number of rotatable bonds is 6. The fourth-order valence-electron chi connectivity index (χ4n) is 1.09. The predicted molar refractivity (Wildman–Crippen MR) is 49.4 cm³/mol. The molecule has 0 aliphatic rings. The summed E-state index contributed by atoms with van der Waals surface area (Å²) in [4.78, 5) is 2.35. The third-order valence-electron chi connectivity index (χ3n) is 2.08. The minimum absolute atomic E-state index is 0.467. The minimum Gasteiger partial charge on any atom is -0.330 e. The lowest BCUT2D eigenvalue weighted by atomic mass is 10.1. The summed E-state index contributed by atoms with van der Waals surface area (Å²) in [7, 11) is 0. The Morgan fingerprint density at radius 3 is 1.82 bits per heavy atom. The predicted octanol–water partition coefficient (Wildman–Crippen LogP) is -0.138. The van der Waals surface area contributed by atoms with Gasteiger partial charge >= 0.3 is 0 Å². The van der Waals surface area contributed by atoms with E-state index in [0.717, 1.165) is 19.6 Å². The molecule has 0 rings (SSSR count). The van der Waals surface area contributed by atoms with Gasteiger partial charge in [0.25, 0.3) is 0 Å². The smallest absolute Gasteiger partial charge is 0.00336 e. The SMILES string of the molecule is CCN(CC)CC(CN)CN. The van der Waals surface area contributed by atoms with Crippen molar-refractivity contribution in [3.05, 3.63) is 0 Å². The molecule has 3 nitrogen and oxygen atoms in total. The van der Waals surface area contributed by atoms with Gasteiger partial charge in [0, 0.05) is 6.54 Å². The molecule has 0 heterocycles. The average molecular weight is 159 g/mol. The van der Waals surface area contributed by atoms with E-state index in [2.05, 4.69) is 18.7 Å². The highest BCUT2D eigenvalue weighted by Crippen LogP contribution is 1.96. The Morgan fingerprint density at radius 2 is 1.55 bits per heavy atom. The van der Waals surface area contributed by atoms with Crippen molar-refractivity contribution < 1.29 is 0 Å². The summed E-state index contributed by atoms with van der Waals surface area (Å²) in [6.45, 7) is 8.95. The second-order valence-electron chi connectivity index (χ2n) is 2.82. The number of nitrogens with zero attached hydrogens (tertiary/aromatic N) is 1. The monoisotopic (exact) mass is 159 g/mol. The van der Waals surface area contributed by atoms with Crippen LogP contribution in [0.3, 0.4) is 0 Å². The van der Waals surface area contributed by atoms with E-state index in [4.69, 9.17) is 11.5 Å². The van der Waals surface area contributed by atoms with Crippen molar-refractivity contribution in [2.45, 2.75) is 13.8 Å². The Kier molecular flexibility index (Phi) is 6.51. The first kappa shape index (κ1) is 10.9. The average Bonchev–Trinajstić information content (AvgIpc) is 2.07. The summed E-state index contributed by atoms with van der Waals surface area (Å²) in [6, 6.07) is 0. The van der Waals surface area contributed by atoms with Gasteiger partial charge in [-0.2, -0.15) is 0 Å². The van der Waals surface area contributed by atoms with Gasteiger partial charge < -0.3 is 16.4 Å². The summed E-state index contributed by atoms with van der Waals surface area (Å²) in [5, 5.41) is 0. The highest BCUT2D eigenvalue weighted by molar-refractivity contribution is 4.65. The van der Waals surface area contributed by atoms with Crippen LogP contribution in [0.25, 0.3) is 0 Å². The second kappa shape index (κ2) is 6.58. The van der Waals surface area contributed by atoms with Gasteiger partial charge in [-0.25, -0.2) is 0 Å². The molecule has 0 atom stereocenters. The molecule has 0 aromatic rings. The van der Waals surface area contributed by atoms with Gasteiger partial charge in [-0.1, -0.05) is 13.8 Å². The first-order valence-corrected chi connectivity index (χ1v) is 4.40. The lowest BCUT2D eigenvalue weighted by Crippen LogP contribution is -2.36. The maximum Gasteiger partial charge on any atom is 0.00336 e. The van der Waals surface area contributed by atoms with Crippen LogP contribution in [0, 0.1) is 5.92 Å². The molecule has 3 heteroatoms. The lowest BCUT2D eigenvalue weighted by Gasteiger charge is -2.22. The van der Waals surface area contributed by atoms with Gasteiger partial charge in [-0.05, 0) is 32.1 Å². The van der Waals surface area contributed by atoms with E-state index in [0.29, 0.717) is 19.0 Å². The molecule has 4 N–H and O–H groups in total. The topological polar surface area (TPSA) is 55.3 Å². The summed E-state index contributed by atoms with van der Waals surface area (Å²) < 4.78 is 0. The normalized spacial score (nSPS) is 11.5. The summed E-state index contributed by atoms with van der Waals surface area (Å²) in [6.07, 6.45) is 0. The molecular weight excluding hydrogens is 138 g/mol. The van der Waals surface area contributed by atoms with Gasteiger partial charge in [0.15, 0.2) is 0 Å². The van der Waals surface area contributed by atoms with Gasteiger partial charge in [0.1, 0.15) is 0 Å². The standard InChI is InChI=1S/C8H21N3/c1-3-11(4-2)7-8(5-9)6-10/h8H,3-7,9-10H2,1-2H3. The maximum absolute atomic E-state index is 5.53. The van der Waals surface area contributed by atoms with Crippen molar-refractivity contribution in [1.29, 1.82) is 0 Å². The second-order valence-corrected chi connectivity index (χ2v) is 2.82. The van der Waals surface area contributed by atoms with E-state index in [1.165, 1.54) is 0 Å². The van der Waals surface area contributed by atoms with Crippen LogP contribution >= 0.6 is 0 Å². The number of hydrogen-bond acceptors (Lipinski definition) is 3. The van der Waals surface area contributed by atoms with E-state index in [9.17, 15) is 0 Å². The highest BCUT2D eigenvalue weighted by atomic mass is 15.1. The molecule has 0 spiro atoms. The molecule has 0 fully saturated rings. The summed E-state index contributed by atoms with van der Waals surface area (Å²) in [5.74, 6) is 0.467. The van der Waals surface area contributed by atoms with E-state index in [1.54, 1.807) is 0 Å². The molecule has 0 aromatic carbocycles. The van der Waals surface area contributed by atoms with Gasteiger partial charge in [0.05, 0.1) is 0 Å². The molecule has 0 saturated carbocycles. The van der Waals surface area contributed by atoms with Crippen molar-refractivity contribution in [2.75, 3.05) is 32.7 Å². The fourth-order valence-corrected chi connectivity index (χ4v) is 1.09. The third kappa shape index (κ3) is 4.35.